The molecule has 8 heteroatoms. The topological polar surface area (TPSA) is 87.1 Å². The van der Waals surface area contributed by atoms with Gasteiger partial charge in [0.2, 0.25) is 5.91 Å². The number of benzene rings is 1. The highest BCUT2D eigenvalue weighted by molar-refractivity contribution is 6.04. The monoisotopic (exact) mass is 419 g/mol. The molecule has 1 aromatic heterocycles. The van der Waals surface area contributed by atoms with Crippen molar-refractivity contribution in [1.29, 1.82) is 0 Å². The predicted octanol–water partition coefficient (Wildman–Crippen LogP) is 3.13. The molecule has 1 N–H and O–H groups in total. The number of ether oxygens (including phenoxy) is 1. The summed E-state index contributed by atoms with van der Waals surface area (Å²) in [6, 6.07) is 11.5. The van der Waals surface area contributed by atoms with E-state index in [1.807, 2.05) is 36.4 Å². The first-order valence-corrected chi connectivity index (χ1v) is 10.7. The van der Waals surface area contributed by atoms with Crippen molar-refractivity contribution >= 4 is 23.3 Å². The van der Waals surface area contributed by atoms with Gasteiger partial charge in [-0.2, -0.15) is 5.10 Å². The highest BCUT2D eigenvalue weighted by atomic mass is 16.5. The average Bonchev–Trinajstić information content (AvgIpc) is 3.25. The van der Waals surface area contributed by atoms with E-state index in [0.29, 0.717) is 39.1 Å². The van der Waals surface area contributed by atoms with Gasteiger partial charge in [0, 0.05) is 44.5 Å². The second-order valence-electron chi connectivity index (χ2n) is 8.10. The molecular formula is C23H25N5O3. The second kappa shape index (κ2) is 8.47. The van der Waals surface area contributed by atoms with Gasteiger partial charge in [0.05, 0.1) is 24.0 Å². The second-order valence-corrected chi connectivity index (χ2v) is 8.10. The molecule has 0 saturated carbocycles. The van der Waals surface area contributed by atoms with Gasteiger partial charge in [-0.25, -0.2) is 9.80 Å². The molecule has 0 radical (unpaired) electrons. The quantitative estimate of drug-likeness (QED) is 0.828. The smallest absolute Gasteiger partial charge is 0.322 e. The number of nitrogens with zero attached hydrogens (tertiary/aromatic N) is 4. The van der Waals surface area contributed by atoms with Crippen LogP contribution in [0.15, 0.2) is 47.7 Å². The van der Waals surface area contributed by atoms with Crippen molar-refractivity contribution in [1.82, 2.24) is 14.9 Å². The SMILES string of the molecule is O=C(Nc1ccc(C2=NN(C3CCOCC3)C(=O)CC2)cc1)N1Cc2cccnc2C1. The molecule has 1 saturated heterocycles. The molecule has 0 bridgehead atoms. The number of amides is 3. The van der Waals surface area contributed by atoms with E-state index < -0.39 is 0 Å². The first-order valence-electron chi connectivity index (χ1n) is 10.7. The third-order valence-corrected chi connectivity index (χ3v) is 6.04. The van der Waals surface area contributed by atoms with Crippen molar-refractivity contribution in [3.8, 4) is 0 Å². The van der Waals surface area contributed by atoms with E-state index in [1.54, 1.807) is 16.1 Å². The van der Waals surface area contributed by atoms with Crippen molar-refractivity contribution in [2.45, 2.75) is 44.8 Å². The van der Waals surface area contributed by atoms with Crippen molar-refractivity contribution in [3.05, 3.63) is 59.4 Å². The number of hydrogen-bond donors (Lipinski definition) is 1. The number of fused-ring (bicyclic) bond motifs is 1. The first kappa shape index (κ1) is 19.7. The Labute approximate surface area is 180 Å². The molecule has 1 aromatic carbocycles. The zero-order valence-corrected chi connectivity index (χ0v) is 17.3. The van der Waals surface area contributed by atoms with Gasteiger partial charge < -0.3 is 15.0 Å². The zero-order valence-electron chi connectivity index (χ0n) is 17.3. The van der Waals surface area contributed by atoms with Gasteiger partial charge in [-0.15, -0.1) is 0 Å². The molecule has 3 amide bonds. The highest BCUT2D eigenvalue weighted by Crippen LogP contribution is 2.24. The molecular weight excluding hydrogens is 394 g/mol. The summed E-state index contributed by atoms with van der Waals surface area (Å²) < 4.78 is 5.41. The Bertz CT molecular complexity index is 989. The number of hydrazone groups is 1. The summed E-state index contributed by atoms with van der Waals surface area (Å²) in [5.74, 6) is 0.0839. The lowest BCUT2D eigenvalue weighted by molar-refractivity contribution is -0.136. The Morgan fingerprint density at radius 2 is 1.87 bits per heavy atom. The average molecular weight is 419 g/mol. The molecule has 0 unspecified atom stereocenters. The van der Waals surface area contributed by atoms with Crippen LogP contribution in [0.3, 0.4) is 0 Å². The van der Waals surface area contributed by atoms with Crippen LogP contribution in [-0.4, -0.2) is 51.8 Å². The van der Waals surface area contributed by atoms with E-state index in [9.17, 15) is 9.59 Å². The number of rotatable bonds is 3. The summed E-state index contributed by atoms with van der Waals surface area (Å²) in [6.45, 7) is 2.44. The van der Waals surface area contributed by atoms with Gasteiger partial charge in [0.25, 0.3) is 0 Å². The maximum Gasteiger partial charge on any atom is 0.322 e. The van der Waals surface area contributed by atoms with Crippen LogP contribution in [0, 0.1) is 0 Å². The number of carbonyl (C=O) groups excluding carboxylic acids is 2. The van der Waals surface area contributed by atoms with Gasteiger partial charge in [0.15, 0.2) is 0 Å². The molecule has 0 aliphatic carbocycles. The number of carbonyl (C=O) groups is 2. The van der Waals surface area contributed by atoms with E-state index in [-0.39, 0.29) is 18.0 Å². The molecule has 1 fully saturated rings. The minimum atomic E-state index is -0.142. The Balaban J connectivity index is 1.24. The van der Waals surface area contributed by atoms with Crippen molar-refractivity contribution in [2.75, 3.05) is 18.5 Å². The molecule has 0 atom stereocenters. The molecule has 4 heterocycles. The van der Waals surface area contributed by atoms with Crippen LogP contribution in [0.4, 0.5) is 10.5 Å². The van der Waals surface area contributed by atoms with Crippen LogP contribution >= 0.6 is 0 Å². The molecule has 5 rings (SSSR count). The van der Waals surface area contributed by atoms with Gasteiger partial charge in [-0.3, -0.25) is 9.78 Å². The standard InChI is InChI=1S/C23H25N5O3/c29-22-8-7-20(26-28(22)19-9-12-31-13-10-19)16-3-5-18(6-4-16)25-23(30)27-14-17-2-1-11-24-21(17)15-27/h1-6,11,19H,7-10,12-15H2,(H,25,30). The molecule has 31 heavy (non-hydrogen) atoms. The van der Waals surface area contributed by atoms with Crippen LogP contribution < -0.4 is 5.32 Å². The molecule has 3 aliphatic rings. The van der Waals surface area contributed by atoms with E-state index >= 15 is 0 Å². The van der Waals surface area contributed by atoms with Crippen molar-refractivity contribution in [3.63, 3.8) is 0 Å². The highest BCUT2D eigenvalue weighted by Gasteiger charge is 2.29. The van der Waals surface area contributed by atoms with Crippen LogP contribution in [0.5, 0.6) is 0 Å². The number of anilines is 1. The summed E-state index contributed by atoms with van der Waals surface area (Å²) in [5, 5.41) is 9.30. The van der Waals surface area contributed by atoms with E-state index in [1.165, 1.54) is 0 Å². The number of urea groups is 1. The molecule has 3 aliphatic heterocycles. The summed E-state index contributed by atoms with van der Waals surface area (Å²) >= 11 is 0. The minimum Gasteiger partial charge on any atom is -0.381 e. The van der Waals surface area contributed by atoms with Crippen LogP contribution in [0.2, 0.25) is 0 Å². The molecule has 0 spiro atoms. The lowest BCUT2D eigenvalue weighted by Crippen LogP contribution is -2.42. The lowest BCUT2D eigenvalue weighted by Gasteiger charge is -2.33. The lowest BCUT2D eigenvalue weighted by atomic mass is 10.0. The third kappa shape index (κ3) is 4.16. The van der Waals surface area contributed by atoms with Crippen molar-refractivity contribution in [2.24, 2.45) is 5.10 Å². The fourth-order valence-electron chi connectivity index (χ4n) is 4.28. The normalized spacial score (nSPS) is 19.2. The summed E-state index contributed by atoms with van der Waals surface area (Å²) in [4.78, 5) is 31.1. The Morgan fingerprint density at radius 3 is 2.65 bits per heavy atom. The Morgan fingerprint density at radius 1 is 1.06 bits per heavy atom. The number of nitrogens with one attached hydrogen (secondary N) is 1. The Kier molecular flexibility index (Phi) is 5.38. The third-order valence-electron chi connectivity index (χ3n) is 6.04. The minimum absolute atomic E-state index is 0.0839. The van der Waals surface area contributed by atoms with Gasteiger partial charge >= 0.3 is 6.03 Å². The molecule has 2 aromatic rings. The summed E-state index contributed by atoms with van der Waals surface area (Å²) in [5.41, 5.74) is 4.65. The largest absolute Gasteiger partial charge is 0.381 e. The summed E-state index contributed by atoms with van der Waals surface area (Å²) in [7, 11) is 0. The van der Waals surface area contributed by atoms with Crippen LogP contribution in [0.1, 0.15) is 42.5 Å². The maximum absolute atomic E-state index is 12.6. The van der Waals surface area contributed by atoms with Crippen LogP contribution in [-0.2, 0) is 22.6 Å². The van der Waals surface area contributed by atoms with Gasteiger partial charge in [0.1, 0.15) is 0 Å². The zero-order chi connectivity index (χ0) is 21.2. The number of pyridine rings is 1. The summed E-state index contributed by atoms with van der Waals surface area (Å²) in [6.07, 6.45) is 4.50. The first-order chi connectivity index (χ1) is 15.2. The van der Waals surface area contributed by atoms with E-state index in [2.05, 4.69) is 15.4 Å². The fourth-order valence-corrected chi connectivity index (χ4v) is 4.28. The Hall–Kier alpha value is -3.26. The predicted molar refractivity (Wildman–Crippen MR) is 115 cm³/mol. The van der Waals surface area contributed by atoms with E-state index in [0.717, 1.165) is 41.1 Å². The number of hydrogen-bond acceptors (Lipinski definition) is 5. The van der Waals surface area contributed by atoms with Crippen LogP contribution in [0.25, 0.3) is 0 Å². The van der Waals surface area contributed by atoms with Crippen molar-refractivity contribution < 1.29 is 14.3 Å². The van der Waals surface area contributed by atoms with Gasteiger partial charge in [-0.1, -0.05) is 18.2 Å². The maximum atomic E-state index is 12.6. The number of aromatic nitrogens is 1. The fraction of sp³-hybridized carbons (Fsp3) is 0.391. The van der Waals surface area contributed by atoms with Gasteiger partial charge in [-0.05, 0) is 42.2 Å². The molecule has 160 valence electrons. The van der Waals surface area contributed by atoms with E-state index in [4.69, 9.17) is 4.74 Å². The molecule has 8 nitrogen and oxygen atoms in total.